The standard InChI is InChI=1S/C18H17ClN4O3S/c1-22(18(24)25)11-12-10-17(27-16-9-5-8-15(20-16)26-2)23(21-12)14-7-4-3-6-13(14)19/h3-10H,11H2,1-2H3,(H,24,25). The largest absolute Gasteiger partial charge is 0.481 e. The average molecular weight is 405 g/mol. The fourth-order valence-corrected chi connectivity index (χ4v) is 3.47. The highest BCUT2D eigenvalue weighted by atomic mass is 35.5. The maximum Gasteiger partial charge on any atom is 0.407 e. The number of ether oxygens (including phenoxy) is 1. The number of amides is 1. The van der Waals surface area contributed by atoms with Crippen molar-refractivity contribution in [3.05, 3.63) is 59.2 Å². The van der Waals surface area contributed by atoms with E-state index in [0.29, 0.717) is 22.3 Å². The molecule has 1 N–H and O–H groups in total. The molecular weight excluding hydrogens is 388 g/mol. The quantitative estimate of drug-likeness (QED) is 0.663. The molecule has 0 aliphatic carbocycles. The van der Waals surface area contributed by atoms with E-state index in [9.17, 15) is 4.79 Å². The Morgan fingerprint density at radius 2 is 2.07 bits per heavy atom. The molecule has 2 aromatic heterocycles. The van der Waals surface area contributed by atoms with Crippen LogP contribution in [0.5, 0.6) is 5.88 Å². The number of pyridine rings is 1. The maximum absolute atomic E-state index is 11.1. The van der Waals surface area contributed by atoms with Gasteiger partial charge >= 0.3 is 6.09 Å². The number of carbonyl (C=O) groups is 1. The third-order valence-corrected chi connectivity index (χ3v) is 4.91. The molecule has 0 fully saturated rings. The van der Waals surface area contributed by atoms with Crippen LogP contribution in [0.1, 0.15) is 5.69 Å². The van der Waals surface area contributed by atoms with Crippen molar-refractivity contribution in [2.24, 2.45) is 0 Å². The molecule has 140 valence electrons. The third kappa shape index (κ3) is 4.53. The van der Waals surface area contributed by atoms with Gasteiger partial charge in [0.15, 0.2) is 0 Å². The first-order valence-corrected chi connectivity index (χ1v) is 9.14. The van der Waals surface area contributed by atoms with E-state index in [4.69, 9.17) is 21.4 Å². The van der Waals surface area contributed by atoms with Gasteiger partial charge in [0.1, 0.15) is 10.1 Å². The van der Waals surface area contributed by atoms with Crippen molar-refractivity contribution in [2.45, 2.75) is 16.6 Å². The predicted molar refractivity (Wildman–Crippen MR) is 103 cm³/mol. The van der Waals surface area contributed by atoms with Gasteiger partial charge in [-0.25, -0.2) is 14.5 Å². The van der Waals surface area contributed by atoms with Crippen LogP contribution in [-0.4, -0.2) is 45.0 Å². The number of aromatic nitrogens is 3. The summed E-state index contributed by atoms with van der Waals surface area (Å²) in [5.74, 6) is 0.509. The summed E-state index contributed by atoms with van der Waals surface area (Å²) in [5, 5.41) is 15.7. The Morgan fingerprint density at radius 1 is 1.30 bits per heavy atom. The van der Waals surface area contributed by atoms with Crippen molar-refractivity contribution >= 4 is 29.5 Å². The van der Waals surface area contributed by atoms with Gasteiger partial charge in [-0.05, 0) is 36.0 Å². The zero-order valence-corrected chi connectivity index (χ0v) is 16.2. The van der Waals surface area contributed by atoms with Crippen LogP contribution in [0.25, 0.3) is 5.69 Å². The summed E-state index contributed by atoms with van der Waals surface area (Å²) in [6.45, 7) is 0.159. The summed E-state index contributed by atoms with van der Waals surface area (Å²) in [6, 6.07) is 14.6. The monoisotopic (exact) mass is 404 g/mol. The van der Waals surface area contributed by atoms with Crippen LogP contribution >= 0.6 is 23.4 Å². The summed E-state index contributed by atoms with van der Waals surface area (Å²) < 4.78 is 6.86. The number of halogens is 1. The van der Waals surface area contributed by atoms with Gasteiger partial charge in [-0.3, -0.25) is 0 Å². The fourth-order valence-electron chi connectivity index (χ4n) is 2.34. The second-order valence-corrected chi connectivity index (χ2v) is 7.04. The van der Waals surface area contributed by atoms with Crippen molar-refractivity contribution in [1.29, 1.82) is 0 Å². The molecule has 0 unspecified atom stereocenters. The highest BCUT2D eigenvalue weighted by Gasteiger charge is 2.16. The molecule has 0 saturated carbocycles. The van der Waals surface area contributed by atoms with Gasteiger partial charge in [0, 0.05) is 13.1 Å². The van der Waals surface area contributed by atoms with E-state index in [1.165, 1.54) is 18.8 Å². The lowest BCUT2D eigenvalue weighted by Gasteiger charge is -2.10. The summed E-state index contributed by atoms with van der Waals surface area (Å²) >= 11 is 7.72. The van der Waals surface area contributed by atoms with Crippen LogP contribution in [0.15, 0.2) is 58.6 Å². The summed E-state index contributed by atoms with van der Waals surface area (Å²) in [6.07, 6.45) is -1.02. The predicted octanol–water partition coefficient (Wildman–Crippen LogP) is 4.19. The average Bonchev–Trinajstić information content (AvgIpc) is 3.04. The van der Waals surface area contributed by atoms with Crippen molar-refractivity contribution in [1.82, 2.24) is 19.7 Å². The number of para-hydroxylation sites is 1. The SMILES string of the molecule is COc1cccc(Sc2cc(CN(C)C(=O)O)nn2-c2ccccc2Cl)n1. The van der Waals surface area contributed by atoms with Crippen molar-refractivity contribution < 1.29 is 14.6 Å². The molecule has 1 aromatic carbocycles. The van der Waals surface area contributed by atoms with Crippen LogP contribution in [0.4, 0.5) is 4.79 Å². The minimum atomic E-state index is -1.02. The fraction of sp³-hybridized carbons (Fsp3) is 0.167. The van der Waals surface area contributed by atoms with Crippen molar-refractivity contribution in [3.8, 4) is 11.6 Å². The van der Waals surface area contributed by atoms with Crippen LogP contribution in [0, 0.1) is 0 Å². The third-order valence-electron chi connectivity index (χ3n) is 3.65. The molecule has 0 aliphatic heterocycles. The van der Waals surface area contributed by atoms with Gasteiger partial charge in [0.25, 0.3) is 0 Å². The first-order chi connectivity index (χ1) is 13.0. The second kappa shape index (κ2) is 8.32. The van der Waals surface area contributed by atoms with E-state index in [1.807, 2.05) is 36.4 Å². The minimum Gasteiger partial charge on any atom is -0.481 e. The van der Waals surface area contributed by atoms with Gasteiger partial charge < -0.3 is 14.7 Å². The Morgan fingerprint density at radius 3 is 2.78 bits per heavy atom. The molecule has 0 bridgehead atoms. The number of hydrogen-bond donors (Lipinski definition) is 1. The number of hydrogen-bond acceptors (Lipinski definition) is 5. The van der Waals surface area contributed by atoms with Crippen LogP contribution in [-0.2, 0) is 6.54 Å². The van der Waals surface area contributed by atoms with Gasteiger partial charge in [-0.15, -0.1) is 0 Å². The second-order valence-electron chi connectivity index (χ2n) is 5.60. The molecule has 9 heteroatoms. The number of nitrogens with zero attached hydrogens (tertiary/aromatic N) is 4. The molecule has 27 heavy (non-hydrogen) atoms. The lowest BCUT2D eigenvalue weighted by Crippen LogP contribution is -2.24. The highest BCUT2D eigenvalue weighted by molar-refractivity contribution is 7.99. The smallest absolute Gasteiger partial charge is 0.407 e. The number of methoxy groups -OCH3 is 1. The molecule has 0 atom stereocenters. The van der Waals surface area contributed by atoms with Gasteiger partial charge in [-0.2, -0.15) is 5.10 Å². The van der Waals surface area contributed by atoms with Crippen molar-refractivity contribution in [3.63, 3.8) is 0 Å². The summed E-state index contributed by atoms with van der Waals surface area (Å²) in [5.41, 5.74) is 1.30. The van der Waals surface area contributed by atoms with Gasteiger partial charge in [0.2, 0.25) is 5.88 Å². The molecule has 1 amide bonds. The molecular formula is C18H17ClN4O3S. The number of benzene rings is 1. The van der Waals surface area contributed by atoms with Crippen LogP contribution in [0.2, 0.25) is 5.02 Å². The lowest BCUT2D eigenvalue weighted by atomic mass is 10.3. The molecule has 3 aromatic rings. The molecule has 0 saturated heterocycles. The Kier molecular flexibility index (Phi) is 5.88. The Bertz CT molecular complexity index is 963. The Labute approximate surface area is 165 Å². The topological polar surface area (TPSA) is 80.5 Å². The normalized spacial score (nSPS) is 10.6. The van der Waals surface area contributed by atoms with Crippen molar-refractivity contribution in [2.75, 3.05) is 14.2 Å². The zero-order chi connectivity index (χ0) is 19.4. The highest BCUT2D eigenvalue weighted by Crippen LogP contribution is 2.32. The first kappa shape index (κ1) is 19.1. The lowest BCUT2D eigenvalue weighted by molar-refractivity contribution is 0.153. The van der Waals surface area contributed by atoms with E-state index >= 15 is 0 Å². The Hall–Kier alpha value is -2.71. The first-order valence-electron chi connectivity index (χ1n) is 7.94. The zero-order valence-electron chi connectivity index (χ0n) is 14.7. The van der Waals surface area contributed by atoms with Crippen LogP contribution < -0.4 is 4.74 Å². The molecule has 0 spiro atoms. The maximum atomic E-state index is 11.1. The molecule has 7 nitrogen and oxygen atoms in total. The summed E-state index contributed by atoms with van der Waals surface area (Å²) in [7, 11) is 3.05. The van der Waals surface area contributed by atoms with Gasteiger partial charge in [-0.1, -0.05) is 29.8 Å². The molecule has 3 rings (SSSR count). The Balaban J connectivity index is 2.00. The molecule has 0 radical (unpaired) electrons. The van der Waals surface area contributed by atoms with E-state index in [0.717, 1.165) is 15.0 Å². The number of rotatable bonds is 6. The summed E-state index contributed by atoms with van der Waals surface area (Å²) in [4.78, 5) is 16.7. The number of carboxylic acid groups (broad SMARTS) is 1. The van der Waals surface area contributed by atoms with E-state index < -0.39 is 6.09 Å². The van der Waals surface area contributed by atoms with E-state index in [1.54, 1.807) is 23.9 Å². The van der Waals surface area contributed by atoms with E-state index in [-0.39, 0.29) is 6.54 Å². The van der Waals surface area contributed by atoms with Gasteiger partial charge in [0.05, 0.1) is 30.1 Å². The van der Waals surface area contributed by atoms with E-state index in [2.05, 4.69) is 10.1 Å². The van der Waals surface area contributed by atoms with Crippen LogP contribution in [0.3, 0.4) is 0 Å². The molecule has 0 aliphatic rings. The minimum absolute atomic E-state index is 0.159. The molecule has 2 heterocycles.